The van der Waals surface area contributed by atoms with E-state index in [1.807, 2.05) is 32.9 Å². The van der Waals surface area contributed by atoms with Gasteiger partial charge < -0.3 is 9.47 Å². The lowest BCUT2D eigenvalue weighted by Gasteiger charge is -2.07. The summed E-state index contributed by atoms with van der Waals surface area (Å²) < 4.78 is 9.64. The van der Waals surface area contributed by atoms with Gasteiger partial charge in [-0.05, 0) is 29.5 Å². The van der Waals surface area contributed by atoms with Crippen LogP contribution >= 0.6 is 0 Å². The Labute approximate surface area is 164 Å². The molecule has 0 aliphatic rings. The molecule has 0 unspecified atom stereocenters. The predicted molar refractivity (Wildman–Crippen MR) is 112 cm³/mol. The van der Waals surface area contributed by atoms with Gasteiger partial charge in [-0.3, -0.25) is 4.99 Å². The van der Waals surface area contributed by atoms with E-state index in [0.29, 0.717) is 18.6 Å². The Balaban J connectivity index is 0. The molecular weight excluding hydrogens is 340 g/mol. The van der Waals surface area contributed by atoms with Gasteiger partial charge in [-0.2, -0.15) is 5.26 Å². The van der Waals surface area contributed by atoms with Crippen molar-refractivity contribution < 1.29 is 14.3 Å². The monoisotopic (exact) mass is 374 g/mol. The number of methoxy groups -OCH3 is 2. The minimum atomic E-state index is -0.371. The highest BCUT2D eigenvalue weighted by Crippen LogP contribution is 2.09. The minimum Gasteiger partial charge on any atom is -0.465 e. The highest BCUT2D eigenvalue weighted by Gasteiger charge is 2.12. The molecule has 0 bridgehead atoms. The summed E-state index contributed by atoms with van der Waals surface area (Å²) in [5, 5.41) is 8.40. The number of hydrogen-bond acceptors (Lipinski definition) is 5. The number of nitriles is 1. The molecule has 0 heterocycles. The maximum Gasteiger partial charge on any atom is 0.339 e. The van der Waals surface area contributed by atoms with Crippen LogP contribution in [-0.4, -0.2) is 40.1 Å². The van der Waals surface area contributed by atoms with Gasteiger partial charge in [0.15, 0.2) is 0 Å². The maximum atomic E-state index is 11.4. The third-order valence-electron chi connectivity index (χ3n) is 3.50. The molecule has 0 radical (unpaired) electrons. The largest absolute Gasteiger partial charge is 0.465 e. The van der Waals surface area contributed by atoms with E-state index in [2.05, 4.69) is 34.9 Å². The number of rotatable bonds is 7. The second-order valence-corrected chi connectivity index (χ2v) is 5.19. The fraction of sp³-hybridized carbons (Fsp3) is 0.500. The van der Waals surface area contributed by atoms with Gasteiger partial charge in [0.05, 0.1) is 31.8 Å². The van der Waals surface area contributed by atoms with Crippen LogP contribution in [0.3, 0.4) is 0 Å². The first kappa shape index (κ1) is 26.8. The SMILES string of the molecule is CC.CC/C(COC)=C(\C=NC)C(=O)OC.CCc1ccc(CC#N)cc1. The first-order chi connectivity index (χ1) is 13.1. The van der Waals surface area contributed by atoms with E-state index >= 15 is 0 Å². The summed E-state index contributed by atoms with van der Waals surface area (Å²) in [5.41, 5.74) is 3.81. The fourth-order valence-electron chi connectivity index (χ4n) is 2.06. The van der Waals surface area contributed by atoms with Crippen LogP contribution in [0.5, 0.6) is 0 Å². The maximum absolute atomic E-state index is 11.4. The standard InChI is InChI=1S/C10H17NO3.C10H11N.C2H6/c1-5-8(7-13-3)9(6-11-2)10(12)14-4;1-2-9-3-5-10(6-4-9)7-8-11;1-2/h6H,5,7H2,1-4H3;3-6H,2,7H2,1H3;1-2H3/b9-8-,11-6?;;. The van der Waals surface area contributed by atoms with Crippen molar-refractivity contribution in [3.05, 3.63) is 46.5 Å². The van der Waals surface area contributed by atoms with Crippen molar-refractivity contribution in [2.75, 3.05) is 27.9 Å². The molecule has 0 saturated heterocycles. The van der Waals surface area contributed by atoms with Crippen LogP contribution in [-0.2, 0) is 27.1 Å². The molecule has 0 spiro atoms. The highest BCUT2D eigenvalue weighted by atomic mass is 16.5. The van der Waals surface area contributed by atoms with Crippen molar-refractivity contribution in [2.24, 2.45) is 4.99 Å². The van der Waals surface area contributed by atoms with Crippen LogP contribution in [0, 0.1) is 11.3 Å². The second-order valence-electron chi connectivity index (χ2n) is 5.19. The molecule has 0 aliphatic carbocycles. The number of aryl methyl sites for hydroxylation is 1. The van der Waals surface area contributed by atoms with Crippen LogP contribution < -0.4 is 0 Å². The summed E-state index contributed by atoms with van der Waals surface area (Å²) in [5.74, 6) is -0.371. The molecule has 0 aromatic heterocycles. The average molecular weight is 375 g/mol. The van der Waals surface area contributed by atoms with Crippen molar-refractivity contribution >= 4 is 12.2 Å². The number of ether oxygens (including phenoxy) is 2. The average Bonchev–Trinajstić information content (AvgIpc) is 2.72. The molecule has 0 aliphatic heterocycles. The van der Waals surface area contributed by atoms with Gasteiger partial charge in [-0.1, -0.05) is 52.0 Å². The molecule has 0 atom stereocenters. The van der Waals surface area contributed by atoms with Gasteiger partial charge in [0.2, 0.25) is 0 Å². The summed E-state index contributed by atoms with van der Waals surface area (Å²) in [7, 11) is 4.56. The topological polar surface area (TPSA) is 71.7 Å². The Morgan fingerprint density at radius 1 is 1.15 bits per heavy atom. The number of benzene rings is 1. The van der Waals surface area contributed by atoms with Crippen LogP contribution in [0.25, 0.3) is 0 Å². The smallest absolute Gasteiger partial charge is 0.339 e. The molecular formula is C22H34N2O3. The normalized spacial score (nSPS) is 10.6. The molecule has 0 amide bonds. The number of carbonyl (C=O) groups excluding carboxylic acids is 1. The molecule has 0 N–H and O–H groups in total. The van der Waals surface area contributed by atoms with Gasteiger partial charge in [-0.15, -0.1) is 0 Å². The molecule has 0 saturated carbocycles. The van der Waals surface area contributed by atoms with Crippen molar-refractivity contribution in [3.63, 3.8) is 0 Å². The molecule has 27 heavy (non-hydrogen) atoms. The Morgan fingerprint density at radius 2 is 1.70 bits per heavy atom. The third-order valence-corrected chi connectivity index (χ3v) is 3.50. The Kier molecular flexibility index (Phi) is 18.2. The van der Waals surface area contributed by atoms with Crippen molar-refractivity contribution in [3.8, 4) is 6.07 Å². The molecule has 1 aromatic carbocycles. The number of hydrogen-bond donors (Lipinski definition) is 0. The van der Waals surface area contributed by atoms with Gasteiger partial charge in [0, 0.05) is 20.4 Å². The van der Waals surface area contributed by atoms with Gasteiger partial charge in [0.25, 0.3) is 0 Å². The van der Waals surface area contributed by atoms with E-state index < -0.39 is 0 Å². The zero-order valence-electron chi connectivity index (χ0n) is 17.8. The second kappa shape index (κ2) is 18.3. The molecule has 1 rings (SSSR count). The first-order valence-electron chi connectivity index (χ1n) is 9.23. The van der Waals surface area contributed by atoms with E-state index in [0.717, 1.165) is 24.0 Å². The molecule has 5 heteroatoms. The lowest BCUT2D eigenvalue weighted by Crippen LogP contribution is -2.11. The minimum absolute atomic E-state index is 0.371. The number of carbonyl (C=O) groups is 1. The lowest BCUT2D eigenvalue weighted by atomic mass is 10.1. The van der Waals surface area contributed by atoms with Gasteiger partial charge in [-0.25, -0.2) is 4.79 Å². The summed E-state index contributed by atoms with van der Waals surface area (Å²) in [6.07, 6.45) is 3.82. The highest BCUT2D eigenvalue weighted by molar-refractivity contribution is 6.10. The Morgan fingerprint density at radius 3 is 2.07 bits per heavy atom. The number of aliphatic imine (C=N–C) groups is 1. The third kappa shape index (κ3) is 11.7. The van der Waals surface area contributed by atoms with Crippen LogP contribution in [0.2, 0.25) is 0 Å². The van der Waals surface area contributed by atoms with E-state index in [4.69, 9.17) is 10.00 Å². The van der Waals surface area contributed by atoms with Crippen molar-refractivity contribution in [1.29, 1.82) is 5.26 Å². The van der Waals surface area contributed by atoms with E-state index in [9.17, 15) is 4.79 Å². The first-order valence-corrected chi connectivity index (χ1v) is 9.23. The molecule has 1 aromatic rings. The fourth-order valence-corrected chi connectivity index (χ4v) is 2.06. The number of esters is 1. The molecule has 0 fully saturated rings. The van der Waals surface area contributed by atoms with Crippen LogP contribution in [0.4, 0.5) is 0 Å². The predicted octanol–water partition coefficient (Wildman–Crippen LogP) is 4.55. The summed E-state index contributed by atoms with van der Waals surface area (Å²) >= 11 is 0. The quantitative estimate of drug-likeness (QED) is 0.399. The van der Waals surface area contributed by atoms with E-state index in [-0.39, 0.29) is 5.97 Å². The Bertz CT molecular complexity index is 611. The van der Waals surface area contributed by atoms with E-state index in [1.165, 1.54) is 18.9 Å². The van der Waals surface area contributed by atoms with Crippen molar-refractivity contribution in [1.82, 2.24) is 0 Å². The van der Waals surface area contributed by atoms with Crippen molar-refractivity contribution in [2.45, 2.75) is 47.0 Å². The Hall–Kier alpha value is -2.45. The zero-order chi connectivity index (χ0) is 21.1. The summed E-state index contributed by atoms with van der Waals surface area (Å²) in [6, 6.07) is 10.3. The van der Waals surface area contributed by atoms with Gasteiger partial charge >= 0.3 is 5.97 Å². The number of nitrogens with zero attached hydrogens (tertiary/aromatic N) is 2. The lowest BCUT2D eigenvalue weighted by molar-refractivity contribution is -0.135. The van der Waals surface area contributed by atoms with Gasteiger partial charge in [0.1, 0.15) is 0 Å². The van der Waals surface area contributed by atoms with Crippen LogP contribution in [0.1, 0.15) is 45.2 Å². The molecule has 150 valence electrons. The zero-order valence-corrected chi connectivity index (χ0v) is 17.8. The summed E-state index contributed by atoms with van der Waals surface area (Å²) in [4.78, 5) is 15.2. The van der Waals surface area contributed by atoms with Crippen LogP contribution in [0.15, 0.2) is 40.4 Å². The summed E-state index contributed by atoms with van der Waals surface area (Å²) in [6.45, 7) is 8.51. The molecule has 5 nitrogen and oxygen atoms in total. The van der Waals surface area contributed by atoms with E-state index in [1.54, 1.807) is 14.2 Å².